The van der Waals surface area contributed by atoms with Crippen molar-refractivity contribution in [2.24, 2.45) is 5.92 Å². The number of alkyl halides is 3. The molecule has 1 N–H and O–H groups in total. The van der Waals surface area contributed by atoms with Gasteiger partial charge in [0.05, 0.1) is 11.7 Å². The molecule has 1 aliphatic carbocycles. The Morgan fingerprint density at radius 3 is 2.62 bits per heavy atom. The molecule has 0 bridgehead atoms. The van der Waals surface area contributed by atoms with Crippen LogP contribution in [-0.4, -0.2) is 29.6 Å². The Hall–Kier alpha value is -1.07. The molecule has 0 aliphatic heterocycles. The lowest BCUT2D eigenvalue weighted by Gasteiger charge is -2.25. The summed E-state index contributed by atoms with van der Waals surface area (Å²) in [4.78, 5) is 2.16. The predicted molar refractivity (Wildman–Crippen MR) is 75.9 cm³/mol. The predicted octanol–water partition coefficient (Wildman–Crippen LogP) is 3.86. The molecule has 0 saturated heterocycles. The molecular formula is C16H22F3NO. The number of nitrogens with zero attached hydrogens (tertiary/aromatic N) is 1. The van der Waals surface area contributed by atoms with Crippen LogP contribution < -0.4 is 0 Å². The van der Waals surface area contributed by atoms with E-state index in [1.165, 1.54) is 18.9 Å². The van der Waals surface area contributed by atoms with Crippen molar-refractivity contribution in [2.45, 2.75) is 38.5 Å². The molecule has 0 heterocycles. The first-order chi connectivity index (χ1) is 9.90. The normalized spacial score (nSPS) is 17.2. The molecule has 21 heavy (non-hydrogen) atoms. The summed E-state index contributed by atoms with van der Waals surface area (Å²) in [7, 11) is 0. The van der Waals surface area contributed by atoms with Gasteiger partial charge in [-0.15, -0.1) is 0 Å². The maximum Gasteiger partial charge on any atom is 0.416 e. The first-order valence-electron chi connectivity index (χ1n) is 7.47. The van der Waals surface area contributed by atoms with Crippen LogP contribution in [0.1, 0.15) is 43.4 Å². The molecule has 0 aromatic heterocycles. The zero-order valence-corrected chi connectivity index (χ0v) is 12.2. The van der Waals surface area contributed by atoms with Crippen LogP contribution in [0.15, 0.2) is 24.3 Å². The van der Waals surface area contributed by atoms with Gasteiger partial charge < -0.3 is 10.0 Å². The van der Waals surface area contributed by atoms with Gasteiger partial charge in [-0.05, 0) is 49.4 Å². The zero-order chi connectivity index (χ0) is 15.5. The van der Waals surface area contributed by atoms with E-state index in [1.807, 2.05) is 0 Å². The van der Waals surface area contributed by atoms with Gasteiger partial charge in [0.25, 0.3) is 0 Å². The molecule has 1 atom stereocenters. The Labute approximate surface area is 123 Å². The molecule has 1 aromatic rings. The van der Waals surface area contributed by atoms with Crippen LogP contribution in [0.5, 0.6) is 0 Å². The second-order valence-electron chi connectivity index (χ2n) is 5.84. The summed E-state index contributed by atoms with van der Waals surface area (Å²) in [6, 6.07) is 4.99. The molecule has 1 fully saturated rings. The van der Waals surface area contributed by atoms with Crippen LogP contribution >= 0.6 is 0 Å². The van der Waals surface area contributed by atoms with Crippen molar-refractivity contribution in [3.8, 4) is 0 Å². The minimum Gasteiger partial charge on any atom is -0.387 e. The Balaban J connectivity index is 2.02. The average Bonchev–Trinajstić information content (AvgIpc) is 3.22. The summed E-state index contributed by atoms with van der Waals surface area (Å²) in [6.07, 6.45) is -1.83. The van der Waals surface area contributed by atoms with Gasteiger partial charge in [-0.2, -0.15) is 13.2 Å². The minimum absolute atomic E-state index is 0.335. The number of hydrogen-bond donors (Lipinski definition) is 1. The highest BCUT2D eigenvalue weighted by Gasteiger charge is 2.31. The van der Waals surface area contributed by atoms with Crippen molar-refractivity contribution < 1.29 is 18.3 Å². The molecule has 2 nitrogen and oxygen atoms in total. The van der Waals surface area contributed by atoms with Gasteiger partial charge in [0.1, 0.15) is 0 Å². The number of aliphatic hydroxyl groups excluding tert-OH is 1. The summed E-state index contributed by atoms with van der Waals surface area (Å²) in [6.45, 7) is 4.26. The number of rotatable bonds is 7. The number of hydrogen-bond acceptors (Lipinski definition) is 2. The molecular weight excluding hydrogens is 279 g/mol. The van der Waals surface area contributed by atoms with Crippen molar-refractivity contribution in [3.05, 3.63) is 35.4 Å². The maximum absolute atomic E-state index is 12.7. The first kappa shape index (κ1) is 16.3. The summed E-state index contributed by atoms with van der Waals surface area (Å²) < 4.78 is 38.1. The van der Waals surface area contributed by atoms with E-state index in [4.69, 9.17) is 0 Å². The SMILES string of the molecule is CCCN(CC1CC1)CC(O)c1cccc(C(F)(F)F)c1. The molecule has 0 radical (unpaired) electrons. The van der Waals surface area contributed by atoms with Crippen LogP contribution in [-0.2, 0) is 6.18 Å². The lowest BCUT2D eigenvalue weighted by atomic mass is 10.0. The molecule has 1 unspecified atom stereocenters. The first-order valence-corrected chi connectivity index (χ1v) is 7.47. The smallest absolute Gasteiger partial charge is 0.387 e. The van der Waals surface area contributed by atoms with Gasteiger partial charge in [0, 0.05) is 13.1 Å². The van der Waals surface area contributed by atoms with E-state index in [9.17, 15) is 18.3 Å². The molecule has 5 heteroatoms. The fourth-order valence-electron chi connectivity index (χ4n) is 2.51. The Morgan fingerprint density at radius 1 is 1.33 bits per heavy atom. The second-order valence-corrected chi connectivity index (χ2v) is 5.84. The van der Waals surface area contributed by atoms with Crippen LogP contribution in [0.2, 0.25) is 0 Å². The zero-order valence-electron chi connectivity index (χ0n) is 12.2. The lowest BCUT2D eigenvalue weighted by Crippen LogP contribution is -2.31. The van der Waals surface area contributed by atoms with Crippen molar-refractivity contribution >= 4 is 0 Å². The fourth-order valence-corrected chi connectivity index (χ4v) is 2.51. The number of aliphatic hydroxyl groups is 1. The van der Waals surface area contributed by atoms with E-state index in [-0.39, 0.29) is 0 Å². The summed E-state index contributed by atoms with van der Waals surface area (Å²) in [5.41, 5.74) is -0.370. The second kappa shape index (κ2) is 6.79. The van der Waals surface area contributed by atoms with Gasteiger partial charge in [0.15, 0.2) is 0 Å². The third kappa shape index (κ3) is 5.00. The molecule has 118 valence electrons. The maximum atomic E-state index is 12.7. The van der Waals surface area contributed by atoms with Crippen LogP contribution in [0.3, 0.4) is 0 Å². The van der Waals surface area contributed by atoms with E-state index in [2.05, 4.69) is 11.8 Å². The highest BCUT2D eigenvalue weighted by molar-refractivity contribution is 5.27. The topological polar surface area (TPSA) is 23.5 Å². The van der Waals surface area contributed by atoms with Gasteiger partial charge in [-0.1, -0.05) is 19.1 Å². The van der Waals surface area contributed by atoms with E-state index < -0.39 is 17.8 Å². The lowest BCUT2D eigenvalue weighted by molar-refractivity contribution is -0.137. The van der Waals surface area contributed by atoms with E-state index in [0.29, 0.717) is 18.0 Å². The molecule has 2 rings (SSSR count). The highest BCUT2D eigenvalue weighted by Crippen LogP contribution is 2.32. The van der Waals surface area contributed by atoms with Gasteiger partial charge >= 0.3 is 6.18 Å². The van der Waals surface area contributed by atoms with Crippen molar-refractivity contribution in [1.29, 1.82) is 0 Å². The monoisotopic (exact) mass is 301 g/mol. The summed E-state index contributed by atoms with van der Waals surface area (Å²) in [5, 5.41) is 10.2. The average molecular weight is 301 g/mol. The quantitative estimate of drug-likeness (QED) is 0.826. The third-order valence-electron chi connectivity index (χ3n) is 3.78. The molecule has 1 aromatic carbocycles. The molecule has 0 spiro atoms. The van der Waals surface area contributed by atoms with Crippen molar-refractivity contribution in [1.82, 2.24) is 4.90 Å². The Kier molecular flexibility index (Phi) is 5.27. The Bertz CT molecular complexity index is 457. The van der Waals surface area contributed by atoms with E-state index in [0.717, 1.165) is 31.6 Å². The van der Waals surface area contributed by atoms with Gasteiger partial charge in [0.2, 0.25) is 0 Å². The molecule has 0 amide bonds. The molecule has 1 saturated carbocycles. The van der Waals surface area contributed by atoms with Crippen molar-refractivity contribution in [2.75, 3.05) is 19.6 Å². The molecule has 1 aliphatic rings. The van der Waals surface area contributed by atoms with E-state index in [1.54, 1.807) is 6.07 Å². The fraction of sp³-hybridized carbons (Fsp3) is 0.625. The van der Waals surface area contributed by atoms with Crippen LogP contribution in [0.4, 0.5) is 13.2 Å². The van der Waals surface area contributed by atoms with Crippen LogP contribution in [0.25, 0.3) is 0 Å². The minimum atomic E-state index is -4.37. The van der Waals surface area contributed by atoms with Crippen LogP contribution in [0, 0.1) is 5.92 Å². The van der Waals surface area contributed by atoms with Gasteiger partial charge in [-0.25, -0.2) is 0 Å². The Morgan fingerprint density at radius 2 is 2.05 bits per heavy atom. The number of benzene rings is 1. The van der Waals surface area contributed by atoms with Gasteiger partial charge in [-0.3, -0.25) is 0 Å². The standard InChI is InChI=1S/C16H22F3NO/c1-2-8-20(10-12-6-7-12)11-15(21)13-4-3-5-14(9-13)16(17,18)19/h3-5,9,12,15,21H,2,6-8,10-11H2,1H3. The van der Waals surface area contributed by atoms with Crippen molar-refractivity contribution in [3.63, 3.8) is 0 Å². The van der Waals surface area contributed by atoms with E-state index >= 15 is 0 Å². The summed E-state index contributed by atoms with van der Waals surface area (Å²) >= 11 is 0. The largest absolute Gasteiger partial charge is 0.416 e. The highest BCUT2D eigenvalue weighted by atomic mass is 19.4. The summed E-state index contributed by atoms with van der Waals surface area (Å²) in [5.74, 6) is 0.699. The third-order valence-corrected chi connectivity index (χ3v) is 3.78. The number of halogens is 3.